The molecule has 0 saturated heterocycles. The molecular formula is C14H21BrO. The van der Waals surface area contributed by atoms with Crippen LogP contribution >= 0.6 is 15.9 Å². The van der Waals surface area contributed by atoms with E-state index in [0.717, 1.165) is 11.1 Å². The van der Waals surface area contributed by atoms with Crippen LogP contribution in [0.15, 0.2) is 28.7 Å². The predicted molar refractivity (Wildman–Crippen MR) is 72.8 cm³/mol. The van der Waals surface area contributed by atoms with E-state index in [1.54, 1.807) is 7.11 Å². The molecule has 0 aliphatic heterocycles. The molecule has 1 aromatic rings. The molecule has 0 heterocycles. The van der Waals surface area contributed by atoms with Crippen molar-refractivity contribution >= 4 is 15.9 Å². The van der Waals surface area contributed by atoms with Gasteiger partial charge in [-0.1, -0.05) is 47.3 Å². The molecule has 90 valence electrons. The molecule has 0 N–H and O–H groups in total. The summed E-state index contributed by atoms with van der Waals surface area (Å²) in [5.74, 6) is 0. The fourth-order valence-corrected chi connectivity index (χ4v) is 2.02. The van der Waals surface area contributed by atoms with Gasteiger partial charge < -0.3 is 4.74 Å². The smallest absolute Gasteiger partial charge is 0.0462 e. The van der Waals surface area contributed by atoms with Crippen LogP contribution in [0.2, 0.25) is 0 Å². The van der Waals surface area contributed by atoms with E-state index in [1.807, 2.05) is 0 Å². The Morgan fingerprint density at radius 2 is 1.56 bits per heavy atom. The van der Waals surface area contributed by atoms with Crippen LogP contribution in [0, 0.1) is 0 Å². The largest absolute Gasteiger partial charge is 0.385 e. The minimum absolute atomic E-state index is 0.909. The molecule has 0 unspecified atom stereocenters. The number of halogens is 1. The van der Waals surface area contributed by atoms with E-state index < -0.39 is 0 Å². The van der Waals surface area contributed by atoms with Gasteiger partial charge in [-0.3, -0.25) is 0 Å². The quantitative estimate of drug-likeness (QED) is 0.635. The van der Waals surface area contributed by atoms with Crippen molar-refractivity contribution in [3.8, 4) is 0 Å². The Morgan fingerprint density at radius 3 is 2.25 bits per heavy atom. The standard InChI is InChI=1S/C14H21BrO/c1-16-12-6-4-2-3-5-7-13-8-10-14(15)11-9-13/h8-11H,2-7,12H2,1H3. The third-order valence-electron chi connectivity index (χ3n) is 2.73. The van der Waals surface area contributed by atoms with E-state index in [-0.39, 0.29) is 0 Å². The molecular weight excluding hydrogens is 264 g/mol. The van der Waals surface area contributed by atoms with Gasteiger partial charge >= 0.3 is 0 Å². The van der Waals surface area contributed by atoms with Crippen LogP contribution in [-0.4, -0.2) is 13.7 Å². The molecule has 1 nitrogen and oxygen atoms in total. The third kappa shape index (κ3) is 6.29. The Morgan fingerprint density at radius 1 is 0.938 bits per heavy atom. The maximum absolute atomic E-state index is 5.02. The molecule has 0 amide bonds. The van der Waals surface area contributed by atoms with Crippen molar-refractivity contribution in [1.82, 2.24) is 0 Å². The highest BCUT2D eigenvalue weighted by Gasteiger charge is 1.94. The lowest BCUT2D eigenvalue weighted by molar-refractivity contribution is 0.192. The minimum atomic E-state index is 0.909. The van der Waals surface area contributed by atoms with Crippen molar-refractivity contribution < 1.29 is 4.74 Å². The second-order valence-electron chi connectivity index (χ2n) is 4.14. The van der Waals surface area contributed by atoms with Crippen molar-refractivity contribution in [2.24, 2.45) is 0 Å². The first-order valence-corrected chi connectivity index (χ1v) is 6.85. The lowest BCUT2D eigenvalue weighted by Crippen LogP contribution is -1.89. The Balaban J connectivity index is 2.01. The van der Waals surface area contributed by atoms with Gasteiger partial charge in [-0.25, -0.2) is 0 Å². The third-order valence-corrected chi connectivity index (χ3v) is 3.26. The number of methoxy groups -OCH3 is 1. The highest BCUT2D eigenvalue weighted by Crippen LogP contribution is 2.13. The van der Waals surface area contributed by atoms with E-state index in [1.165, 1.54) is 44.1 Å². The number of unbranched alkanes of at least 4 members (excludes halogenated alkanes) is 4. The van der Waals surface area contributed by atoms with Crippen LogP contribution in [0.25, 0.3) is 0 Å². The zero-order valence-corrected chi connectivity index (χ0v) is 11.6. The molecule has 0 aliphatic rings. The molecule has 16 heavy (non-hydrogen) atoms. The fourth-order valence-electron chi connectivity index (χ4n) is 1.76. The second kappa shape index (κ2) is 8.77. The van der Waals surface area contributed by atoms with Crippen LogP contribution in [0.4, 0.5) is 0 Å². The van der Waals surface area contributed by atoms with Gasteiger partial charge in [0.05, 0.1) is 0 Å². The predicted octanol–water partition coefficient (Wildman–Crippen LogP) is 4.59. The number of benzene rings is 1. The second-order valence-corrected chi connectivity index (χ2v) is 5.05. The Kier molecular flexibility index (Phi) is 7.52. The highest BCUT2D eigenvalue weighted by atomic mass is 79.9. The summed E-state index contributed by atoms with van der Waals surface area (Å²) in [4.78, 5) is 0. The first-order chi connectivity index (χ1) is 7.83. The van der Waals surface area contributed by atoms with Crippen LogP contribution in [0.1, 0.15) is 37.7 Å². The zero-order valence-electron chi connectivity index (χ0n) is 10.0. The molecule has 0 radical (unpaired) electrons. The molecule has 0 aromatic heterocycles. The van der Waals surface area contributed by atoms with E-state index >= 15 is 0 Å². The van der Waals surface area contributed by atoms with E-state index in [9.17, 15) is 0 Å². The zero-order chi connectivity index (χ0) is 11.6. The van der Waals surface area contributed by atoms with Gasteiger partial charge in [0, 0.05) is 18.2 Å². The van der Waals surface area contributed by atoms with Crippen LogP contribution < -0.4 is 0 Å². The minimum Gasteiger partial charge on any atom is -0.385 e. The maximum Gasteiger partial charge on any atom is 0.0462 e. The molecule has 1 aromatic carbocycles. The van der Waals surface area contributed by atoms with Gasteiger partial charge in [0.1, 0.15) is 0 Å². The summed E-state index contributed by atoms with van der Waals surface area (Å²) in [7, 11) is 1.77. The summed E-state index contributed by atoms with van der Waals surface area (Å²) in [6, 6.07) is 8.64. The summed E-state index contributed by atoms with van der Waals surface area (Å²) in [5.41, 5.74) is 1.44. The Bertz CT molecular complexity index is 269. The fraction of sp³-hybridized carbons (Fsp3) is 0.571. The highest BCUT2D eigenvalue weighted by molar-refractivity contribution is 9.10. The molecule has 0 spiro atoms. The molecule has 0 saturated carbocycles. The molecule has 2 heteroatoms. The Hall–Kier alpha value is -0.340. The molecule has 0 fully saturated rings. The normalized spacial score (nSPS) is 10.6. The number of hydrogen-bond acceptors (Lipinski definition) is 1. The number of aryl methyl sites for hydroxylation is 1. The topological polar surface area (TPSA) is 9.23 Å². The Labute approximate surface area is 107 Å². The number of hydrogen-bond donors (Lipinski definition) is 0. The molecule has 0 aliphatic carbocycles. The average Bonchev–Trinajstić information content (AvgIpc) is 2.30. The van der Waals surface area contributed by atoms with Crippen molar-refractivity contribution in [1.29, 1.82) is 0 Å². The molecule has 1 rings (SSSR count). The summed E-state index contributed by atoms with van der Waals surface area (Å²) in [6.45, 7) is 0.909. The van der Waals surface area contributed by atoms with Crippen LogP contribution in [0.5, 0.6) is 0 Å². The lowest BCUT2D eigenvalue weighted by atomic mass is 10.1. The number of ether oxygens (including phenoxy) is 1. The van der Waals surface area contributed by atoms with E-state index in [0.29, 0.717) is 0 Å². The van der Waals surface area contributed by atoms with Crippen molar-refractivity contribution in [2.45, 2.75) is 38.5 Å². The number of rotatable bonds is 8. The summed E-state index contributed by atoms with van der Waals surface area (Å²) in [6.07, 6.45) is 7.68. The molecule has 0 bridgehead atoms. The first kappa shape index (κ1) is 13.7. The maximum atomic E-state index is 5.02. The monoisotopic (exact) mass is 284 g/mol. The van der Waals surface area contributed by atoms with Crippen molar-refractivity contribution in [2.75, 3.05) is 13.7 Å². The van der Waals surface area contributed by atoms with Gasteiger partial charge in [-0.2, -0.15) is 0 Å². The summed E-state index contributed by atoms with van der Waals surface area (Å²) < 4.78 is 6.19. The van der Waals surface area contributed by atoms with Gasteiger partial charge in [-0.05, 0) is 37.0 Å². The molecule has 0 atom stereocenters. The van der Waals surface area contributed by atoms with Gasteiger partial charge in [-0.15, -0.1) is 0 Å². The van der Waals surface area contributed by atoms with Crippen molar-refractivity contribution in [3.05, 3.63) is 34.3 Å². The van der Waals surface area contributed by atoms with E-state index in [2.05, 4.69) is 40.2 Å². The lowest BCUT2D eigenvalue weighted by Gasteiger charge is -2.02. The van der Waals surface area contributed by atoms with Gasteiger partial charge in [0.25, 0.3) is 0 Å². The van der Waals surface area contributed by atoms with Crippen LogP contribution in [-0.2, 0) is 11.2 Å². The average molecular weight is 285 g/mol. The summed E-state index contributed by atoms with van der Waals surface area (Å²) >= 11 is 3.45. The van der Waals surface area contributed by atoms with Gasteiger partial charge in [0.2, 0.25) is 0 Å². The van der Waals surface area contributed by atoms with Gasteiger partial charge in [0.15, 0.2) is 0 Å². The first-order valence-electron chi connectivity index (χ1n) is 6.06. The van der Waals surface area contributed by atoms with Crippen molar-refractivity contribution in [3.63, 3.8) is 0 Å². The van der Waals surface area contributed by atoms with Crippen LogP contribution in [0.3, 0.4) is 0 Å². The SMILES string of the molecule is COCCCCCCCc1ccc(Br)cc1. The summed E-state index contributed by atoms with van der Waals surface area (Å²) in [5, 5.41) is 0. The van der Waals surface area contributed by atoms with E-state index in [4.69, 9.17) is 4.74 Å².